The summed E-state index contributed by atoms with van der Waals surface area (Å²) < 4.78 is 0. The average Bonchev–Trinajstić information content (AvgIpc) is 3.04. The maximum Gasteiger partial charge on any atom is 0.231 e. The van der Waals surface area contributed by atoms with Crippen molar-refractivity contribution in [2.45, 2.75) is 25.8 Å². The third-order valence-corrected chi connectivity index (χ3v) is 5.58. The number of thiophene rings is 1. The monoisotopic (exact) mass is 338 g/mol. The van der Waals surface area contributed by atoms with Gasteiger partial charge in [0.15, 0.2) is 5.96 Å². The third-order valence-electron chi connectivity index (χ3n) is 4.40. The summed E-state index contributed by atoms with van der Waals surface area (Å²) >= 11 is 1.56. The highest BCUT2D eigenvalue weighted by Gasteiger charge is 2.37. The number of amides is 1. The van der Waals surface area contributed by atoms with Crippen molar-refractivity contribution >= 4 is 23.2 Å². The van der Waals surface area contributed by atoms with Crippen LogP contribution in [-0.2, 0) is 10.3 Å². The molecule has 0 saturated heterocycles. The van der Waals surface area contributed by atoms with Crippen molar-refractivity contribution in [3.8, 4) is 17.2 Å². The molecule has 2 heterocycles. The standard InChI is InChI=1S/C18H18N4OS/c1-11-4-5-12(6-13(11)9-19)14-7-15(24-10-14)18(2)8-16(23)22(3)17(20)21-18/h4-7,10H,8H2,1-3H3,(H2,20,21)/t18-/m0/s1. The lowest BCUT2D eigenvalue weighted by atomic mass is 9.93. The second-order valence-electron chi connectivity index (χ2n) is 6.21. The molecule has 1 amide bonds. The van der Waals surface area contributed by atoms with Crippen molar-refractivity contribution in [2.75, 3.05) is 7.05 Å². The number of guanidine groups is 1. The Hall–Kier alpha value is -2.65. The van der Waals surface area contributed by atoms with Crippen LogP contribution in [0.2, 0.25) is 0 Å². The smallest absolute Gasteiger partial charge is 0.231 e. The second kappa shape index (κ2) is 5.77. The zero-order valence-corrected chi connectivity index (χ0v) is 14.6. The largest absolute Gasteiger partial charge is 0.369 e. The van der Waals surface area contributed by atoms with Gasteiger partial charge in [-0.2, -0.15) is 5.26 Å². The molecule has 0 saturated carbocycles. The molecule has 6 heteroatoms. The average molecular weight is 338 g/mol. The second-order valence-corrected chi connectivity index (χ2v) is 7.13. The van der Waals surface area contributed by atoms with E-state index in [0.29, 0.717) is 12.0 Å². The topological polar surface area (TPSA) is 82.5 Å². The van der Waals surface area contributed by atoms with E-state index in [4.69, 9.17) is 5.73 Å². The van der Waals surface area contributed by atoms with Gasteiger partial charge in [-0.1, -0.05) is 12.1 Å². The Balaban J connectivity index is 2.00. The summed E-state index contributed by atoms with van der Waals surface area (Å²) in [5.74, 6) is 0.202. The summed E-state index contributed by atoms with van der Waals surface area (Å²) in [5.41, 5.74) is 8.87. The van der Waals surface area contributed by atoms with Gasteiger partial charge in [-0.3, -0.25) is 9.69 Å². The lowest BCUT2D eigenvalue weighted by Crippen LogP contribution is -2.47. The van der Waals surface area contributed by atoms with Crippen molar-refractivity contribution in [2.24, 2.45) is 10.7 Å². The summed E-state index contributed by atoms with van der Waals surface area (Å²) in [6.07, 6.45) is 0.293. The number of carbonyl (C=O) groups excluding carboxylic acids is 1. The molecule has 2 N–H and O–H groups in total. The molecule has 5 nitrogen and oxygen atoms in total. The molecule has 1 aliphatic heterocycles. The maximum absolute atomic E-state index is 12.1. The van der Waals surface area contributed by atoms with Crippen LogP contribution in [0.1, 0.15) is 29.3 Å². The van der Waals surface area contributed by atoms with E-state index in [2.05, 4.69) is 11.1 Å². The number of rotatable bonds is 2. The Morgan fingerprint density at radius 3 is 2.79 bits per heavy atom. The van der Waals surface area contributed by atoms with Gasteiger partial charge in [0.25, 0.3) is 0 Å². The molecule has 1 aromatic heterocycles. The van der Waals surface area contributed by atoms with Crippen molar-refractivity contribution < 1.29 is 4.79 Å². The molecule has 0 spiro atoms. The minimum Gasteiger partial charge on any atom is -0.369 e. The zero-order chi connectivity index (χ0) is 17.5. The number of nitriles is 1. The lowest BCUT2D eigenvalue weighted by molar-refractivity contribution is -0.128. The first-order valence-corrected chi connectivity index (χ1v) is 8.44. The molecule has 0 fully saturated rings. The summed E-state index contributed by atoms with van der Waals surface area (Å²) in [4.78, 5) is 19.0. The molecular weight excluding hydrogens is 320 g/mol. The summed E-state index contributed by atoms with van der Waals surface area (Å²) in [5, 5.41) is 11.2. The molecule has 0 radical (unpaired) electrons. The van der Waals surface area contributed by atoms with Crippen molar-refractivity contribution in [3.05, 3.63) is 45.6 Å². The van der Waals surface area contributed by atoms with Gasteiger partial charge in [0.1, 0.15) is 5.54 Å². The number of carbonyl (C=O) groups is 1. The van der Waals surface area contributed by atoms with Gasteiger partial charge in [-0.15, -0.1) is 11.3 Å². The molecule has 1 aliphatic rings. The van der Waals surface area contributed by atoms with Crippen LogP contribution in [0.4, 0.5) is 0 Å². The number of hydrogen-bond acceptors (Lipinski definition) is 5. The first kappa shape index (κ1) is 16.2. The van der Waals surface area contributed by atoms with E-state index < -0.39 is 5.54 Å². The van der Waals surface area contributed by atoms with Crippen molar-refractivity contribution in [1.82, 2.24) is 4.90 Å². The number of aryl methyl sites for hydroxylation is 1. The highest BCUT2D eigenvalue weighted by Crippen LogP contribution is 2.39. The first-order chi connectivity index (χ1) is 11.3. The number of hydrogen-bond donors (Lipinski definition) is 1. The maximum atomic E-state index is 12.1. The highest BCUT2D eigenvalue weighted by molar-refractivity contribution is 7.10. The molecule has 1 atom stereocenters. The van der Waals surface area contributed by atoms with Gasteiger partial charge in [0.05, 0.1) is 18.1 Å². The van der Waals surface area contributed by atoms with Crippen LogP contribution in [0.25, 0.3) is 11.1 Å². The number of nitrogens with two attached hydrogens (primary N) is 1. The molecular formula is C18H18N4OS. The van der Waals surface area contributed by atoms with Gasteiger partial charge in [-0.25, -0.2) is 4.99 Å². The van der Waals surface area contributed by atoms with Crippen LogP contribution < -0.4 is 5.73 Å². The Morgan fingerprint density at radius 2 is 2.12 bits per heavy atom. The summed E-state index contributed by atoms with van der Waals surface area (Å²) in [6, 6.07) is 10.1. The van der Waals surface area contributed by atoms with Crippen molar-refractivity contribution in [1.29, 1.82) is 5.26 Å². The molecule has 0 bridgehead atoms. The quantitative estimate of drug-likeness (QED) is 0.914. The highest BCUT2D eigenvalue weighted by atomic mass is 32.1. The van der Waals surface area contributed by atoms with Gasteiger partial charge >= 0.3 is 0 Å². The molecule has 3 rings (SSSR count). The van der Waals surface area contributed by atoms with Crippen LogP contribution in [0.5, 0.6) is 0 Å². The minimum atomic E-state index is -0.640. The van der Waals surface area contributed by atoms with E-state index >= 15 is 0 Å². The first-order valence-electron chi connectivity index (χ1n) is 7.56. The molecule has 0 unspecified atom stereocenters. The normalized spacial score (nSPS) is 20.7. The Morgan fingerprint density at radius 1 is 1.38 bits per heavy atom. The number of aliphatic imine (C=N–C) groups is 1. The van der Waals surface area contributed by atoms with Crippen LogP contribution in [0, 0.1) is 18.3 Å². The number of benzene rings is 1. The van der Waals surface area contributed by atoms with Crippen LogP contribution in [-0.4, -0.2) is 23.8 Å². The van der Waals surface area contributed by atoms with E-state index in [9.17, 15) is 10.1 Å². The Bertz CT molecular complexity index is 893. The van der Waals surface area contributed by atoms with E-state index in [-0.39, 0.29) is 11.9 Å². The zero-order valence-electron chi connectivity index (χ0n) is 13.8. The Kier molecular flexibility index (Phi) is 3.90. The van der Waals surface area contributed by atoms with E-state index in [1.54, 1.807) is 18.4 Å². The fraction of sp³-hybridized carbons (Fsp3) is 0.278. The van der Waals surface area contributed by atoms with Crippen LogP contribution >= 0.6 is 11.3 Å². The van der Waals surface area contributed by atoms with Crippen molar-refractivity contribution in [3.63, 3.8) is 0 Å². The van der Waals surface area contributed by atoms with Crippen LogP contribution in [0.3, 0.4) is 0 Å². The van der Waals surface area contributed by atoms with Gasteiger partial charge in [0, 0.05) is 11.9 Å². The SMILES string of the molecule is Cc1ccc(-c2csc([C@]3(C)CC(=O)N(C)C(N)=N3)c2)cc1C#N. The lowest BCUT2D eigenvalue weighted by Gasteiger charge is -2.32. The van der Waals surface area contributed by atoms with E-state index in [0.717, 1.165) is 21.6 Å². The predicted octanol–water partition coefficient (Wildman–Crippen LogP) is 2.99. The van der Waals surface area contributed by atoms with Crippen LogP contribution in [0.15, 0.2) is 34.6 Å². The molecule has 0 aliphatic carbocycles. The predicted molar refractivity (Wildman–Crippen MR) is 95.6 cm³/mol. The molecule has 1 aromatic carbocycles. The molecule has 2 aromatic rings. The number of nitrogens with zero attached hydrogens (tertiary/aromatic N) is 3. The van der Waals surface area contributed by atoms with Gasteiger partial charge in [-0.05, 0) is 48.1 Å². The van der Waals surface area contributed by atoms with Gasteiger partial charge < -0.3 is 5.73 Å². The Labute approximate surface area is 145 Å². The van der Waals surface area contributed by atoms with E-state index in [1.165, 1.54) is 4.90 Å². The summed E-state index contributed by atoms with van der Waals surface area (Å²) in [6.45, 7) is 3.85. The van der Waals surface area contributed by atoms with Gasteiger partial charge in [0.2, 0.25) is 5.91 Å². The molecule has 122 valence electrons. The fourth-order valence-corrected chi connectivity index (χ4v) is 3.77. The third kappa shape index (κ3) is 2.68. The van der Waals surface area contributed by atoms with E-state index in [1.807, 2.05) is 43.5 Å². The summed E-state index contributed by atoms with van der Waals surface area (Å²) in [7, 11) is 1.64. The molecule has 24 heavy (non-hydrogen) atoms. The minimum absolute atomic E-state index is 0.0398. The fourth-order valence-electron chi connectivity index (χ4n) is 2.74.